The Hall–Kier alpha value is -1.11. The maximum Gasteiger partial charge on any atom is 0.194 e. The van der Waals surface area contributed by atoms with Crippen LogP contribution in [0.5, 0.6) is 0 Å². The molecule has 3 rings (SSSR count). The molecule has 1 N–H and O–H groups in total. The second-order valence-electron chi connectivity index (χ2n) is 6.88. The maximum absolute atomic E-state index is 5.96. The Kier molecular flexibility index (Phi) is 7.77. The first-order valence-electron chi connectivity index (χ1n) is 9.77. The van der Waals surface area contributed by atoms with E-state index < -0.39 is 0 Å². The molecule has 2 aliphatic heterocycles. The van der Waals surface area contributed by atoms with Crippen LogP contribution in [0.15, 0.2) is 33.7 Å². The van der Waals surface area contributed by atoms with E-state index in [4.69, 9.17) is 14.5 Å². The SMILES string of the molecule is CCNC(=NCCCc1cccc(Br)c1)N1CCOC(C2CCCO2)C1. The normalized spacial score (nSPS) is 24.1. The summed E-state index contributed by atoms with van der Waals surface area (Å²) in [5, 5.41) is 3.44. The van der Waals surface area contributed by atoms with E-state index in [2.05, 4.69) is 57.3 Å². The topological polar surface area (TPSA) is 46.1 Å². The molecular weight excluding hydrogens is 394 g/mol. The molecule has 2 unspecified atom stereocenters. The fraction of sp³-hybridized carbons (Fsp3) is 0.650. The Morgan fingerprint density at radius 1 is 1.31 bits per heavy atom. The highest BCUT2D eigenvalue weighted by atomic mass is 79.9. The van der Waals surface area contributed by atoms with Crippen molar-refractivity contribution in [2.45, 2.75) is 44.8 Å². The van der Waals surface area contributed by atoms with Gasteiger partial charge in [-0.2, -0.15) is 0 Å². The van der Waals surface area contributed by atoms with Crippen molar-refractivity contribution in [2.75, 3.05) is 39.4 Å². The fourth-order valence-corrected chi connectivity index (χ4v) is 4.02. The van der Waals surface area contributed by atoms with E-state index in [0.29, 0.717) is 0 Å². The Morgan fingerprint density at radius 3 is 2.96 bits per heavy atom. The van der Waals surface area contributed by atoms with E-state index in [1.54, 1.807) is 0 Å². The minimum Gasteiger partial charge on any atom is -0.375 e. The van der Waals surface area contributed by atoms with Gasteiger partial charge in [0.25, 0.3) is 0 Å². The molecule has 6 heteroatoms. The lowest BCUT2D eigenvalue weighted by Gasteiger charge is -2.37. The lowest BCUT2D eigenvalue weighted by Crippen LogP contribution is -2.53. The molecule has 0 bridgehead atoms. The number of aryl methyl sites for hydroxylation is 1. The smallest absolute Gasteiger partial charge is 0.194 e. The summed E-state index contributed by atoms with van der Waals surface area (Å²) in [4.78, 5) is 7.19. The lowest BCUT2D eigenvalue weighted by atomic mass is 10.1. The molecule has 1 aromatic carbocycles. The highest BCUT2D eigenvalue weighted by Gasteiger charge is 2.32. The van der Waals surface area contributed by atoms with E-state index in [0.717, 1.165) is 75.5 Å². The van der Waals surface area contributed by atoms with Gasteiger partial charge in [0.05, 0.1) is 12.7 Å². The van der Waals surface area contributed by atoms with Crippen molar-refractivity contribution in [1.82, 2.24) is 10.2 Å². The quantitative estimate of drug-likeness (QED) is 0.433. The van der Waals surface area contributed by atoms with Crippen molar-refractivity contribution in [3.8, 4) is 0 Å². The number of hydrogen-bond donors (Lipinski definition) is 1. The van der Waals surface area contributed by atoms with Crippen molar-refractivity contribution in [3.05, 3.63) is 34.3 Å². The van der Waals surface area contributed by atoms with Crippen molar-refractivity contribution in [3.63, 3.8) is 0 Å². The Morgan fingerprint density at radius 2 is 2.19 bits per heavy atom. The van der Waals surface area contributed by atoms with Crippen molar-refractivity contribution >= 4 is 21.9 Å². The van der Waals surface area contributed by atoms with E-state index in [-0.39, 0.29) is 12.2 Å². The highest BCUT2D eigenvalue weighted by molar-refractivity contribution is 9.10. The number of halogens is 1. The standard InChI is InChI=1S/C20H30BrN3O2/c1-2-22-20(23-10-4-7-16-6-3-8-17(21)14-16)24-11-13-26-19(15-24)18-9-5-12-25-18/h3,6,8,14,18-19H,2,4-5,7,9-13,15H2,1H3,(H,22,23). The van der Waals surface area contributed by atoms with Crippen LogP contribution in [0.1, 0.15) is 31.7 Å². The first kappa shape index (κ1) is 19.6. The zero-order valence-corrected chi connectivity index (χ0v) is 17.2. The highest BCUT2D eigenvalue weighted by Crippen LogP contribution is 2.21. The van der Waals surface area contributed by atoms with Gasteiger partial charge in [-0.1, -0.05) is 28.1 Å². The number of nitrogens with zero attached hydrogens (tertiary/aromatic N) is 2. The summed E-state index contributed by atoms with van der Waals surface area (Å²) >= 11 is 3.53. The number of nitrogens with one attached hydrogen (secondary N) is 1. The number of hydrogen-bond acceptors (Lipinski definition) is 3. The van der Waals surface area contributed by atoms with E-state index >= 15 is 0 Å². The third kappa shape index (κ3) is 5.69. The molecule has 26 heavy (non-hydrogen) atoms. The molecule has 0 amide bonds. The molecule has 144 valence electrons. The molecule has 0 radical (unpaired) electrons. The van der Waals surface area contributed by atoms with Crippen LogP contribution in [0.4, 0.5) is 0 Å². The third-order valence-electron chi connectivity index (χ3n) is 4.88. The van der Waals surface area contributed by atoms with Crippen LogP contribution in [0.3, 0.4) is 0 Å². The minimum atomic E-state index is 0.164. The van der Waals surface area contributed by atoms with Crippen LogP contribution in [-0.4, -0.2) is 62.5 Å². The number of benzene rings is 1. The third-order valence-corrected chi connectivity index (χ3v) is 5.37. The monoisotopic (exact) mass is 423 g/mol. The predicted molar refractivity (Wildman–Crippen MR) is 109 cm³/mol. The van der Waals surface area contributed by atoms with E-state index in [9.17, 15) is 0 Å². The molecule has 5 nitrogen and oxygen atoms in total. The molecule has 2 fully saturated rings. The summed E-state index contributed by atoms with van der Waals surface area (Å²) in [7, 11) is 0. The minimum absolute atomic E-state index is 0.164. The summed E-state index contributed by atoms with van der Waals surface area (Å²) in [6, 6.07) is 8.51. The Balaban J connectivity index is 1.52. The summed E-state index contributed by atoms with van der Waals surface area (Å²) in [6.45, 7) is 7.20. The zero-order chi connectivity index (χ0) is 18.2. The lowest BCUT2D eigenvalue weighted by molar-refractivity contribution is -0.0817. The molecule has 0 aliphatic carbocycles. The van der Waals surface area contributed by atoms with Gasteiger partial charge in [-0.15, -0.1) is 0 Å². The van der Waals surface area contributed by atoms with Crippen molar-refractivity contribution in [1.29, 1.82) is 0 Å². The average Bonchev–Trinajstić information content (AvgIpc) is 3.19. The number of morpholine rings is 1. The van der Waals surface area contributed by atoms with Crippen molar-refractivity contribution < 1.29 is 9.47 Å². The predicted octanol–water partition coefficient (Wildman–Crippen LogP) is 3.23. The summed E-state index contributed by atoms with van der Waals surface area (Å²) in [6.07, 6.45) is 4.76. The van der Waals surface area contributed by atoms with Crippen LogP contribution in [0, 0.1) is 0 Å². The number of rotatable bonds is 6. The van der Waals surface area contributed by atoms with Gasteiger partial charge in [-0.3, -0.25) is 4.99 Å². The molecule has 2 saturated heterocycles. The summed E-state index contributed by atoms with van der Waals surface area (Å²) in [5.41, 5.74) is 1.35. The van der Waals surface area contributed by atoms with Gasteiger partial charge < -0.3 is 19.7 Å². The van der Waals surface area contributed by atoms with Gasteiger partial charge in [0.15, 0.2) is 5.96 Å². The van der Waals surface area contributed by atoms with Crippen LogP contribution in [0.25, 0.3) is 0 Å². The second-order valence-corrected chi connectivity index (χ2v) is 7.79. The Labute approximate surface area is 165 Å². The summed E-state index contributed by atoms with van der Waals surface area (Å²) < 4.78 is 12.9. The zero-order valence-electron chi connectivity index (χ0n) is 15.6. The van der Waals surface area contributed by atoms with Gasteiger partial charge >= 0.3 is 0 Å². The van der Waals surface area contributed by atoms with Gasteiger partial charge in [-0.05, 0) is 50.3 Å². The second kappa shape index (κ2) is 10.3. The van der Waals surface area contributed by atoms with Gasteiger partial charge in [0, 0.05) is 37.3 Å². The van der Waals surface area contributed by atoms with Gasteiger partial charge in [-0.25, -0.2) is 0 Å². The molecule has 2 aliphatic rings. The first-order chi connectivity index (χ1) is 12.8. The number of aliphatic imine (C=N–C) groups is 1. The Bertz CT molecular complexity index is 590. The number of guanidine groups is 1. The molecule has 2 heterocycles. The van der Waals surface area contributed by atoms with Gasteiger partial charge in [0.1, 0.15) is 6.10 Å². The average molecular weight is 424 g/mol. The van der Waals surface area contributed by atoms with Crippen molar-refractivity contribution in [2.24, 2.45) is 4.99 Å². The fourth-order valence-electron chi connectivity index (χ4n) is 3.57. The first-order valence-corrected chi connectivity index (χ1v) is 10.6. The van der Waals surface area contributed by atoms with Crippen LogP contribution in [-0.2, 0) is 15.9 Å². The summed E-state index contributed by atoms with van der Waals surface area (Å²) in [5.74, 6) is 1.01. The molecular formula is C20H30BrN3O2. The molecule has 0 spiro atoms. The van der Waals surface area contributed by atoms with Crippen LogP contribution in [0.2, 0.25) is 0 Å². The largest absolute Gasteiger partial charge is 0.375 e. The molecule has 1 aromatic rings. The van der Waals surface area contributed by atoms with E-state index in [1.165, 1.54) is 5.56 Å². The van der Waals surface area contributed by atoms with Crippen LogP contribution < -0.4 is 5.32 Å². The van der Waals surface area contributed by atoms with Gasteiger partial charge in [0.2, 0.25) is 0 Å². The van der Waals surface area contributed by atoms with Crippen LogP contribution >= 0.6 is 15.9 Å². The maximum atomic E-state index is 5.96. The molecule has 0 saturated carbocycles. The van der Waals surface area contributed by atoms with E-state index in [1.807, 2.05) is 0 Å². The molecule has 2 atom stereocenters. The number of ether oxygens (including phenoxy) is 2. The molecule has 0 aromatic heterocycles.